The standard InChI is InChI=1S/C42H62ClFN5O9P/c1-3-4-5-6-7-8-9-10-11-12-13-14-15-16-17-18-25-55-27-32(48(2)41(52)31-19-20-34(44)33(43)26-31)28-56-59(53,54)57-29-37-39(50)40(51)42(30-45,58-37)38-22-21-36-35(46)23-24-47-49(36)38/h19-24,26,32,37,39-40,50-51H,3-18,25,27-29,46H2,1-2H3,(H,53,54)/t32-,37-,39-,40-,42+/m1/s1. The van der Waals surface area contributed by atoms with Gasteiger partial charge in [0, 0.05) is 25.4 Å². The number of benzene rings is 1. The summed E-state index contributed by atoms with van der Waals surface area (Å²) in [4.78, 5) is 25.3. The summed E-state index contributed by atoms with van der Waals surface area (Å²) in [6, 6.07) is 9.16. The summed E-state index contributed by atoms with van der Waals surface area (Å²) in [5.74, 6) is -1.25. The molecule has 14 nitrogen and oxygen atoms in total. The number of anilines is 1. The summed E-state index contributed by atoms with van der Waals surface area (Å²) in [7, 11) is -3.44. The molecule has 0 aliphatic carbocycles. The number of aliphatic hydroxyl groups excluding tert-OH is 2. The highest BCUT2D eigenvalue weighted by molar-refractivity contribution is 7.47. The van der Waals surface area contributed by atoms with E-state index < -0.39 is 62.7 Å². The normalized spacial score (nSPS) is 20.7. The molecule has 0 bridgehead atoms. The number of halogens is 2. The molecule has 3 aromatic rings. The highest BCUT2D eigenvalue weighted by Crippen LogP contribution is 2.46. The van der Waals surface area contributed by atoms with Gasteiger partial charge in [-0.25, -0.2) is 13.5 Å². The van der Waals surface area contributed by atoms with Crippen molar-refractivity contribution in [1.82, 2.24) is 14.5 Å². The Kier molecular flexibility index (Phi) is 20.0. The molecule has 4 rings (SSSR count). The van der Waals surface area contributed by atoms with Crippen LogP contribution in [0.3, 0.4) is 0 Å². The lowest BCUT2D eigenvalue weighted by Crippen LogP contribution is -2.43. The molecule has 1 aliphatic heterocycles. The first-order chi connectivity index (χ1) is 28.3. The number of aliphatic hydroxyl groups is 2. The van der Waals surface area contributed by atoms with E-state index in [1.165, 1.54) is 118 Å². The van der Waals surface area contributed by atoms with Crippen molar-refractivity contribution in [2.75, 3.05) is 39.2 Å². The Labute approximate surface area is 352 Å². The Morgan fingerprint density at radius 2 is 1.61 bits per heavy atom. The fraction of sp³-hybridized carbons (Fsp3) is 0.643. The number of hydrogen-bond donors (Lipinski definition) is 4. The van der Waals surface area contributed by atoms with E-state index in [-0.39, 0.29) is 22.9 Å². The Balaban J connectivity index is 1.24. The highest BCUT2D eigenvalue weighted by atomic mass is 35.5. The summed E-state index contributed by atoms with van der Waals surface area (Å²) in [6.45, 7) is 1.33. The lowest BCUT2D eigenvalue weighted by atomic mass is 9.92. The average molecular weight is 866 g/mol. The minimum absolute atomic E-state index is 0.0545. The van der Waals surface area contributed by atoms with Crippen LogP contribution in [0.2, 0.25) is 5.02 Å². The molecular weight excluding hydrogens is 804 g/mol. The van der Waals surface area contributed by atoms with E-state index in [0.29, 0.717) is 17.8 Å². The molecule has 0 saturated carbocycles. The zero-order chi connectivity index (χ0) is 42.8. The zero-order valence-corrected chi connectivity index (χ0v) is 36.0. The monoisotopic (exact) mass is 865 g/mol. The predicted octanol–water partition coefficient (Wildman–Crippen LogP) is 8.10. The number of unbranched alkanes of at least 4 members (excludes halogenated alkanes) is 15. The van der Waals surface area contributed by atoms with Crippen LogP contribution in [0.4, 0.5) is 10.1 Å². The van der Waals surface area contributed by atoms with Crippen molar-refractivity contribution in [3.63, 3.8) is 0 Å². The van der Waals surface area contributed by atoms with Gasteiger partial charge in [0.1, 0.15) is 30.2 Å². The minimum Gasteiger partial charge on any atom is -0.397 e. The van der Waals surface area contributed by atoms with Crippen LogP contribution in [0.5, 0.6) is 0 Å². The Morgan fingerprint density at radius 3 is 2.20 bits per heavy atom. The summed E-state index contributed by atoms with van der Waals surface area (Å²) >= 11 is 5.93. The summed E-state index contributed by atoms with van der Waals surface area (Å²) < 4.78 is 50.5. The van der Waals surface area contributed by atoms with E-state index >= 15 is 0 Å². The molecular formula is C42H62ClFN5O9P. The van der Waals surface area contributed by atoms with Gasteiger partial charge in [-0.2, -0.15) is 10.4 Å². The van der Waals surface area contributed by atoms with Crippen molar-refractivity contribution in [2.24, 2.45) is 0 Å². The van der Waals surface area contributed by atoms with Crippen molar-refractivity contribution in [2.45, 2.75) is 140 Å². The summed E-state index contributed by atoms with van der Waals surface area (Å²) in [6.07, 6.45) is 16.3. The molecule has 1 unspecified atom stereocenters. The van der Waals surface area contributed by atoms with E-state index in [1.807, 2.05) is 6.07 Å². The number of carbonyl (C=O) groups excluding carboxylic acids is 1. The molecule has 328 valence electrons. The van der Waals surface area contributed by atoms with Gasteiger partial charge >= 0.3 is 7.82 Å². The molecule has 1 aromatic carbocycles. The topological polar surface area (TPSA) is 202 Å². The second kappa shape index (κ2) is 24.3. The molecule has 1 saturated heterocycles. The number of fused-ring (bicyclic) bond motifs is 1. The number of likely N-dealkylation sites (N-methyl/N-ethyl adjacent to an activating group) is 1. The Morgan fingerprint density at radius 1 is 1.00 bits per heavy atom. The Hall–Kier alpha value is -3.16. The quantitative estimate of drug-likeness (QED) is 0.0404. The van der Waals surface area contributed by atoms with Crippen LogP contribution in [-0.4, -0.2) is 93.4 Å². The number of hydrogen-bond acceptors (Lipinski definition) is 11. The molecule has 6 atom stereocenters. The number of nitrogen functional groups attached to an aromatic ring is 1. The number of nitrogens with two attached hydrogens (primary N) is 1. The van der Waals surface area contributed by atoms with Crippen molar-refractivity contribution in [3.8, 4) is 6.07 Å². The number of rotatable bonds is 28. The molecule has 17 heteroatoms. The summed E-state index contributed by atoms with van der Waals surface area (Å²) in [5, 5.41) is 36.0. The molecule has 1 amide bonds. The van der Waals surface area contributed by atoms with E-state index in [2.05, 4.69) is 12.0 Å². The van der Waals surface area contributed by atoms with E-state index in [9.17, 15) is 34.1 Å². The number of nitrogens with zero attached hydrogens (tertiary/aromatic N) is 4. The van der Waals surface area contributed by atoms with Crippen LogP contribution in [0.1, 0.15) is 126 Å². The lowest BCUT2D eigenvalue weighted by molar-refractivity contribution is -0.0647. The second-order valence-electron chi connectivity index (χ2n) is 15.4. The SMILES string of the molecule is CCCCCCCCCCCCCCCCCCOC[C@H](COP(=O)(O)OC[C@H]1O[C@@](C#N)(c2ccc3c(N)ccnn23)[C@H](O)[C@@H]1O)N(C)C(=O)c1ccc(F)c(Cl)c1. The van der Waals surface area contributed by atoms with Crippen LogP contribution in [-0.2, 0) is 28.7 Å². The van der Waals surface area contributed by atoms with Crippen molar-refractivity contribution < 1.29 is 47.4 Å². The molecule has 1 aliphatic rings. The molecule has 0 radical (unpaired) electrons. The molecule has 3 heterocycles. The maximum absolute atomic E-state index is 13.8. The number of amides is 1. The maximum atomic E-state index is 13.8. The maximum Gasteiger partial charge on any atom is 0.472 e. The number of carbonyl (C=O) groups is 1. The third kappa shape index (κ3) is 13.9. The van der Waals surface area contributed by atoms with E-state index in [4.69, 9.17) is 35.9 Å². The molecule has 2 aromatic heterocycles. The van der Waals surface area contributed by atoms with Gasteiger partial charge < -0.3 is 35.2 Å². The van der Waals surface area contributed by atoms with E-state index in [0.717, 1.165) is 31.7 Å². The van der Waals surface area contributed by atoms with Crippen LogP contribution >= 0.6 is 19.4 Å². The molecule has 5 N–H and O–H groups in total. The smallest absolute Gasteiger partial charge is 0.397 e. The largest absolute Gasteiger partial charge is 0.472 e. The van der Waals surface area contributed by atoms with Crippen LogP contribution < -0.4 is 5.73 Å². The van der Waals surface area contributed by atoms with Crippen molar-refractivity contribution >= 4 is 36.5 Å². The van der Waals surface area contributed by atoms with Crippen molar-refractivity contribution in [1.29, 1.82) is 5.26 Å². The first-order valence-corrected chi connectivity index (χ1v) is 22.8. The number of ether oxygens (including phenoxy) is 2. The van der Waals surface area contributed by atoms with Gasteiger partial charge in [-0.3, -0.25) is 13.8 Å². The molecule has 59 heavy (non-hydrogen) atoms. The van der Waals surface area contributed by atoms with Crippen molar-refractivity contribution in [3.05, 3.63) is 64.7 Å². The molecule has 1 fully saturated rings. The third-order valence-electron chi connectivity index (χ3n) is 10.9. The second-order valence-corrected chi connectivity index (χ2v) is 17.2. The van der Waals surface area contributed by atoms with Crippen LogP contribution in [0.25, 0.3) is 5.52 Å². The lowest BCUT2D eigenvalue weighted by Gasteiger charge is -2.29. The predicted molar refractivity (Wildman–Crippen MR) is 223 cm³/mol. The summed E-state index contributed by atoms with van der Waals surface area (Å²) in [5.41, 5.74) is 4.85. The van der Waals surface area contributed by atoms with Crippen LogP contribution in [0, 0.1) is 17.1 Å². The highest BCUT2D eigenvalue weighted by Gasteiger charge is 2.58. The van der Waals surface area contributed by atoms with Gasteiger partial charge in [0.25, 0.3) is 5.91 Å². The van der Waals surface area contributed by atoms with Gasteiger partial charge in [0.05, 0.1) is 47.8 Å². The number of phosphoric ester groups is 1. The Bertz CT molecular complexity index is 1850. The van der Waals surface area contributed by atoms with Crippen LogP contribution in [0.15, 0.2) is 42.6 Å². The van der Waals surface area contributed by atoms with Gasteiger partial charge in [-0.15, -0.1) is 0 Å². The zero-order valence-electron chi connectivity index (χ0n) is 34.4. The first kappa shape index (κ1) is 48.5. The average Bonchev–Trinajstić information content (AvgIpc) is 3.77. The fourth-order valence-electron chi connectivity index (χ4n) is 7.26. The first-order valence-electron chi connectivity index (χ1n) is 20.9. The molecule has 0 spiro atoms. The number of aromatic nitrogens is 2. The number of nitriles is 1. The van der Waals surface area contributed by atoms with Gasteiger partial charge in [-0.1, -0.05) is 115 Å². The fourth-order valence-corrected chi connectivity index (χ4v) is 8.21. The number of phosphoric acid groups is 1. The minimum atomic E-state index is -4.89. The van der Waals surface area contributed by atoms with Gasteiger partial charge in [0.15, 0.2) is 0 Å². The van der Waals surface area contributed by atoms with E-state index in [1.54, 1.807) is 12.1 Å². The third-order valence-corrected chi connectivity index (χ3v) is 12.2. The van der Waals surface area contributed by atoms with Gasteiger partial charge in [-0.05, 0) is 42.8 Å². The van der Waals surface area contributed by atoms with Gasteiger partial charge in [0.2, 0.25) is 5.60 Å².